The van der Waals surface area contributed by atoms with Gasteiger partial charge in [0, 0.05) is 33.0 Å². The third kappa shape index (κ3) is 3.03. The Hall–Kier alpha value is -2.56. The fraction of sp³-hybridized carbons (Fsp3) is 0.174. The first-order valence-corrected chi connectivity index (χ1v) is 10.6. The average molecular weight is 407 g/mol. The van der Waals surface area contributed by atoms with Crippen LogP contribution in [0.25, 0.3) is 10.9 Å². The van der Waals surface area contributed by atoms with Gasteiger partial charge in [-0.3, -0.25) is 4.79 Å². The van der Waals surface area contributed by atoms with E-state index in [-0.39, 0.29) is 11.9 Å². The summed E-state index contributed by atoms with van der Waals surface area (Å²) in [6.45, 7) is 0.715. The second kappa shape index (κ2) is 7.12. The Kier molecular flexibility index (Phi) is 4.46. The van der Waals surface area contributed by atoms with Crippen molar-refractivity contribution in [1.29, 1.82) is 0 Å². The molecule has 28 heavy (non-hydrogen) atoms. The molecule has 3 nitrogen and oxygen atoms in total. The van der Waals surface area contributed by atoms with Gasteiger partial charge in [-0.15, -0.1) is 11.3 Å². The monoisotopic (exact) mass is 406 g/mol. The molecule has 4 aromatic rings. The van der Waals surface area contributed by atoms with Crippen LogP contribution in [0.15, 0.2) is 66.0 Å². The van der Waals surface area contributed by atoms with Crippen LogP contribution in [0.3, 0.4) is 0 Å². The standard InChI is InChI=1S/C23H19ClN2OS/c24-16-9-7-15(8-10-16)23-22-19(18-5-1-2-6-20(18)25-22)11-12-26(23)21(27)14-17-4-3-13-28-17/h1-10,13,23,25H,11-12,14H2/t23-/m0/s1. The molecule has 1 aliphatic rings. The van der Waals surface area contributed by atoms with Crippen molar-refractivity contribution in [2.75, 3.05) is 6.54 Å². The molecule has 0 saturated heterocycles. The maximum atomic E-state index is 13.2. The summed E-state index contributed by atoms with van der Waals surface area (Å²) < 4.78 is 0. The predicted molar refractivity (Wildman–Crippen MR) is 115 cm³/mol. The second-order valence-electron chi connectivity index (χ2n) is 7.11. The zero-order valence-corrected chi connectivity index (χ0v) is 16.8. The molecule has 5 heteroatoms. The highest BCUT2D eigenvalue weighted by Gasteiger charge is 2.34. The predicted octanol–water partition coefficient (Wildman–Crippen LogP) is 5.60. The van der Waals surface area contributed by atoms with Gasteiger partial charge in [0.25, 0.3) is 0 Å². The van der Waals surface area contributed by atoms with E-state index in [1.165, 1.54) is 10.9 Å². The first-order chi connectivity index (χ1) is 13.7. The number of para-hydroxylation sites is 1. The number of carbonyl (C=O) groups is 1. The van der Waals surface area contributed by atoms with Crippen molar-refractivity contribution in [3.63, 3.8) is 0 Å². The molecule has 1 aliphatic heterocycles. The SMILES string of the molecule is O=C(Cc1cccs1)N1CCc2c([nH]c3ccccc23)[C@@H]1c1ccc(Cl)cc1. The zero-order valence-electron chi connectivity index (χ0n) is 15.2. The Morgan fingerprint density at radius 2 is 1.93 bits per heavy atom. The molecule has 0 saturated carbocycles. The first-order valence-electron chi connectivity index (χ1n) is 9.37. The molecule has 1 N–H and O–H groups in total. The fourth-order valence-electron chi connectivity index (χ4n) is 4.16. The summed E-state index contributed by atoms with van der Waals surface area (Å²) in [6.07, 6.45) is 1.30. The number of thiophene rings is 1. The molecule has 0 spiro atoms. The van der Waals surface area contributed by atoms with Crippen LogP contribution in [0, 0.1) is 0 Å². The highest BCUT2D eigenvalue weighted by molar-refractivity contribution is 7.10. The normalized spacial score (nSPS) is 16.3. The number of hydrogen-bond acceptors (Lipinski definition) is 2. The quantitative estimate of drug-likeness (QED) is 0.472. The molecule has 5 rings (SSSR count). The summed E-state index contributed by atoms with van der Waals surface area (Å²) in [6, 6.07) is 20.1. The van der Waals surface area contributed by atoms with Crippen molar-refractivity contribution >= 4 is 39.7 Å². The molecule has 3 heterocycles. The number of rotatable bonds is 3. The lowest BCUT2D eigenvalue weighted by Gasteiger charge is -2.36. The number of nitrogens with zero attached hydrogens (tertiary/aromatic N) is 1. The van der Waals surface area contributed by atoms with E-state index in [0.717, 1.165) is 28.1 Å². The number of halogens is 1. The number of aromatic amines is 1. The van der Waals surface area contributed by atoms with Crippen LogP contribution >= 0.6 is 22.9 Å². The van der Waals surface area contributed by atoms with Crippen molar-refractivity contribution in [1.82, 2.24) is 9.88 Å². The number of fused-ring (bicyclic) bond motifs is 3. The molecule has 0 radical (unpaired) electrons. The summed E-state index contributed by atoms with van der Waals surface area (Å²) >= 11 is 7.75. The Bertz CT molecular complexity index is 1130. The maximum absolute atomic E-state index is 13.2. The molecule has 0 unspecified atom stereocenters. The van der Waals surface area contributed by atoms with Crippen molar-refractivity contribution in [2.24, 2.45) is 0 Å². The van der Waals surface area contributed by atoms with Gasteiger partial charge >= 0.3 is 0 Å². The van der Waals surface area contributed by atoms with Crippen LogP contribution in [-0.2, 0) is 17.6 Å². The molecule has 1 atom stereocenters. The van der Waals surface area contributed by atoms with Gasteiger partial charge in [-0.2, -0.15) is 0 Å². The molecule has 140 valence electrons. The van der Waals surface area contributed by atoms with Crippen molar-refractivity contribution < 1.29 is 4.79 Å². The van der Waals surface area contributed by atoms with Crippen LogP contribution in [-0.4, -0.2) is 22.3 Å². The molecule has 0 aliphatic carbocycles. The summed E-state index contributed by atoms with van der Waals surface area (Å²) in [7, 11) is 0. The summed E-state index contributed by atoms with van der Waals surface area (Å²) in [4.78, 5) is 19.9. The third-order valence-corrected chi connectivity index (χ3v) is 6.57. The lowest BCUT2D eigenvalue weighted by atomic mass is 9.92. The van der Waals surface area contributed by atoms with Gasteiger partial charge in [-0.1, -0.05) is 48.0 Å². The summed E-state index contributed by atoms with van der Waals surface area (Å²) in [5.41, 5.74) is 4.64. The molecular formula is C23H19ClN2OS. The van der Waals surface area contributed by atoms with Crippen LogP contribution in [0.5, 0.6) is 0 Å². The van der Waals surface area contributed by atoms with Gasteiger partial charge in [0.05, 0.1) is 12.5 Å². The van der Waals surface area contributed by atoms with Crippen LogP contribution < -0.4 is 0 Å². The summed E-state index contributed by atoms with van der Waals surface area (Å²) in [5, 5.41) is 3.97. The Labute approximate surface area is 172 Å². The number of hydrogen-bond donors (Lipinski definition) is 1. The van der Waals surface area contributed by atoms with E-state index in [0.29, 0.717) is 18.0 Å². The van der Waals surface area contributed by atoms with Gasteiger partial charge in [0.15, 0.2) is 0 Å². The molecule has 2 aromatic heterocycles. The van der Waals surface area contributed by atoms with E-state index in [2.05, 4.69) is 23.2 Å². The van der Waals surface area contributed by atoms with Gasteiger partial charge < -0.3 is 9.88 Å². The summed E-state index contributed by atoms with van der Waals surface area (Å²) in [5.74, 6) is 0.159. The lowest BCUT2D eigenvalue weighted by Crippen LogP contribution is -2.41. The minimum Gasteiger partial charge on any atom is -0.356 e. The van der Waals surface area contributed by atoms with E-state index in [4.69, 9.17) is 11.6 Å². The van der Waals surface area contributed by atoms with Crippen LogP contribution in [0.2, 0.25) is 5.02 Å². The number of amides is 1. The van der Waals surface area contributed by atoms with Crippen molar-refractivity contribution in [2.45, 2.75) is 18.9 Å². The lowest BCUT2D eigenvalue weighted by molar-refractivity contribution is -0.132. The largest absolute Gasteiger partial charge is 0.356 e. The Balaban J connectivity index is 1.60. The fourth-order valence-corrected chi connectivity index (χ4v) is 4.99. The van der Waals surface area contributed by atoms with E-state index in [9.17, 15) is 4.79 Å². The zero-order chi connectivity index (χ0) is 19.1. The second-order valence-corrected chi connectivity index (χ2v) is 8.58. The molecular weight excluding hydrogens is 388 g/mol. The topological polar surface area (TPSA) is 36.1 Å². The van der Waals surface area contributed by atoms with E-state index < -0.39 is 0 Å². The van der Waals surface area contributed by atoms with E-state index in [1.807, 2.05) is 52.7 Å². The Morgan fingerprint density at radius 1 is 1.11 bits per heavy atom. The van der Waals surface area contributed by atoms with Gasteiger partial charge in [-0.25, -0.2) is 0 Å². The number of aromatic nitrogens is 1. The van der Waals surface area contributed by atoms with Crippen LogP contribution in [0.1, 0.15) is 27.7 Å². The van der Waals surface area contributed by atoms with Crippen molar-refractivity contribution in [3.05, 3.63) is 92.8 Å². The molecule has 1 amide bonds. The Morgan fingerprint density at radius 3 is 2.71 bits per heavy atom. The number of benzene rings is 2. The van der Waals surface area contributed by atoms with Gasteiger partial charge in [0.1, 0.15) is 0 Å². The number of H-pyrrole nitrogens is 1. The van der Waals surface area contributed by atoms with Gasteiger partial charge in [-0.05, 0) is 47.2 Å². The smallest absolute Gasteiger partial charge is 0.228 e. The van der Waals surface area contributed by atoms with Gasteiger partial charge in [0.2, 0.25) is 5.91 Å². The van der Waals surface area contributed by atoms with Crippen molar-refractivity contribution in [3.8, 4) is 0 Å². The minimum atomic E-state index is -0.124. The number of carbonyl (C=O) groups excluding carboxylic acids is 1. The molecule has 0 fully saturated rings. The maximum Gasteiger partial charge on any atom is 0.228 e. The minimum absolute atomic E-state index is 0.124. The average Bonchev–Trinajstić information content (AvgIpc) is 3.35. The van der Waals surface area contributed by atoms with E-state index in [1.54, 1.807) is 11.3 Å². The highest BCUT2D eigenvalue weighted by atomic mass is 35.5. The highest BCUT2D eigenvalue weighted by Crippen LogP contribution is 2.39. The molecule has 0 bridgehead atoms. The first kappa shape index (κ1) is 17.5. The van der Waals surface area contributed by atoms with Crippen LogP contribution in [0.4, 0.5) is 0 Å². The van der Waals surface area contributed by atoms with E-state index >= 15 is 0 Å². The number of nitrogens with one attached hydrogen (secondary N) is 1. The molecule has 2 aromatic carbocycles. The third-order valence-electron chi connectivity index (χ3n) is 5.45.